The van der Waals surface area contributed by atoms with Crippen molar-refractivity contribution in [2.75, 3.05) is 13.1 Å². The van der Waals surface area contributed by atoms with Crippen LogP contribution in [0.3, 0.4) is 0 Å². The Morgan fingerprint density at radius 3 is 2.38 bits per heavy atom. The topological polar surface area (TPSA) is 62.2 Å². The standard InChI is InChI=1S/C28H36F3N3O3/c1-18-32-23-17-33(26(36)37-22-13-11-21(12-14-22)28(29,30)31)16-15-27(23,2)25(35)34(18)24(20-9-6-10-20)19-7-4-3-5-8-19/h3-5,7-8,20-24H,6,9-17H2,1-2H3. The van der Waals surface area contributed by atoms with Crippen molar-refractivity contribution < 1.29 is 27.5 Å². The average Bonchev–Trinajstić information content (AvgIpc) is 2.83. The van der Waals surface area contributed by atoms with Crippen molar-refractivity contribution in [1.29, 1.82) is 0 Å². The summed E-state index contributed by atoms with van der Waals surface area (Å²) < 4.78 is 44.5. The summed E-state index contributed by atoms with van der Waals surface area (Å²) >= 11 is 0. The fraction of sp³-hybridized carbons (Fsp3) is 0.679. The summed E-state index contributed by atoms with van der Waals surface area (Å²) in [5.74, 6) is -0.177. The number of rotatable bonds is 4. The molecule has 1 aromatic rings. The van der Waals surface area contributed by atoms with Crippen molar-refractivity contribution in [3.05, 3.63) is 35.9 Å². The number of benzene rings is 1. The molecule has 0 N–H and O–H groups in total. The first kappa shape index (κ1) is 26.0. The van der Waals surface area contributed by atoms with Crippen molar-refractivity contribution in [2.24, 2.45) is 22.2 Å². The fourth-order valence-electron chi connectivity index (χ4n) is 6.43. The number of ether oxygens (including phenoxy) is 1. The summed E-state index contributed by atoms with van der Waals surface area (Å²) in [6.45, 7) is 4.45. The third-order valence-electron chi connectivity index (χ3n) is 9.11. The number of halogens is 3. The maximum Gasteiger partial charge on any atom is 0.410 e. The minimum absolute atomic E-state index is 0.0143. The van der Waals surface area contributed by atoms with Gasteiger partial charge in [0.25, 0.3) is 0 Å². The van der Waals surface area contributed by atoms with E-state index in [1.54, 1.807) is 4.90 Å². The summed E-state index contributed by atoms with van der Waals surface area (Å²) in [6.07, 6.45) is -0.995. The van der Waals surface area contributed by atoms with E-state index in [0.29, 0.717) is 24.7 Å². The molecule has 0 radical (unpaired) electrons. The van der Waals surface area contributed by atoms with Gasteiger partial charge in [0.05, 0.1) is 23.4 Å². The molecule has 0 aromatic heterocycles. The molecule has 4 aliphatic rings. The van der Waals surface area contributed by atoms with E-state index in [-0.39, 0.29) is 50.2 Å². The van der Waals surface area contributed by atoms with Gasteiger partial charge in [0.1, 0.15) is 11.9 Å². The van der Waals surface area contributed by atoms with Crippen LogP contribution < -0.4 is 0 Å². The minimum atomic E-state index is -4.19. The lowest BCUT2D eigenvalue weighted by Crippen LogP contribution is -2.62. The van der Waals surface area contributed by atoms with Crippen molar-refractivity contribution >= 4 is 17.8 Å². The number of amidine groups is 1. The average molecular weight is 520 g/mol. The maximum atomic E-state index is 14.1. The quantitative estimate of drug-likeness (QED) is 0.481. The maximum absolute atomic E-state index is 14.1. The Hall–Kier alpha value is -2.58. The number of carbonyl (C=O) groups excluding carboxylic acids is 2. The van der Waals surface area contributed by atoms with Crippen molar-refractivity contribution in [2.45, 2.75) is 89.6 Å². The van der Waals surface area contributed by atoms with E-state index in [4.69, 9.17) is 9.73 Å². The van der Waals surface area contributed by atoms with Gasteiger partial charge in [-0.1, -0.05) is 36.8 Å². The Labute approximate surface area is 216 Å². The molecule has 3 unspecified atom stereocenters. The van der Waals surface area contributed by atoms with Crippen LogP contribution in [0.1, 0.15) is 76.8 Å². The molecule has 1 aromatic carbocycles. The first-order chi connectivity index (χ1) is 17.6. The van der Waals surface area contributed by atoms with Gasteiger partial charge < -0.3 is 9.64 Å². The molecule has 6 nitrogen and oxygen atoms in total. The summed E-state index contributed by atoms with van der Waals surface area (Å²) in [7, 11) is 0. The first-order valence-electron chi connectivity index (χ1n) is 13.5. The van der Waals surface area contributed by atoms with Crippen LogP contribution in [0, 0.1) is 17.3 Å². The highest BCUT2D eigenvalue weighted by Crippen LogP contribution is 2.47. The van der Waals surface area contributed by atoms with E-state index >= 15 is 0 Å². The largest absolute Gasteiger partial charge is 0.446 e. The highest BCUT2D eigenvalue weighted by molar-refractivity contribution is 6.02. The Morgan fingerprint density at radius 1 is 1.11 bits per heavy atom. The predicted octanol–water partition coefficient (Wildman–Crippen LogP) is 6.13. The van der Waals surface area contributed by atoms with Crippen LogP contribution in [-0.2, 0) is 9.53 Å². The molecule has 5 rings (SSSR count). The van der Waals surface area contributed by atoms with E-state index in [0.717, 1.165) is 18.4 Å². The third kappa shape index (κ3) is 4.98. The molecule has 37 heavy (non-hydrogen) atoms. The van der Waals surface area contributed by atoms with E-state index in [1.807, 2.05) is 36.9 Å². The van der Waals surface area contributed by atoms with Crippen LogP contribution in [0.15, 0.2) is 35.3 Å². The van der Waals surface area contributed by atoms with Gasteiger partial charge in [0.2, 0.25) is 5.91 Å². The molecule has 0 bridgehead atoms. The number of hydrogen-bond donors (Lipinski definition) is 0. The van der Waals surface area contributed by atoms with E-state index in [9.17, 15) is 22.8 Å². The van der Waals surface area contributed by atoms with Gasteiger partial charge in [-0.15, -0.1) is 0 Å². The molecule has 3 fully saturated rings. The number of nitrogens with zero attached hydrogens (tertiary/aromatic N) is 3. The number of amides is 2. The van der Waals surface area contributed by atoms with Crippen molar-refractivity contribution in [3.8, 4) is 0 Å². The van der Waals surface area contributed by atoms with Gasteiger partial charge in [-0.3, -0.25) is 14.7 Å². The summed E-state index contributed by atoms with van der Waals surface area (Å²) in [5, 5.41) is 0. The molecule has 2 saturated carbocycles. The molecule has 3 atom stereocenters. The molecule has 0 spiro atoms. The number of aliphatic imine (C=N–C) groups is 1. The summed E-state index contributed by atoms with van der Waals surface area (Å²) in [5.41, 5.74) is 0.399. The number of piperidine rings is 1. The van der Waals surface area contributed by atoms with Crippen LogP contribution in [0.25, 0.3) is 0 Å². The predicted molar refractivity (Wildman–Crippen MR) is 133 cm³/mol. The van der Waals surface area contributed by atoms with Crippen LogP contribution in [0.4, 0.5) is 18.0 Å². The van der Waals surface area contributed by atoms with Gasteiger partial charge in [0.15, 0.2) is 0 Å². The Balaban J connectivity index is 1.28. The van der Waals surface area contributed by atoms with Gasteiger partial charge in [-0.05, 0) is 70.3 Å². The van der Waals surface area contributed by atoms with Crippen LogP contribution in [0.5, 0.6) is 0 Å². The molecule has 9 heteroatoms. The molecule has 2 amide bonds. The van der Waals surface area contributed by atoms with Gasteiger partial charge >= 0.3 is 12.3 Å². The number of alkyl halides is 3. The van der Waals surface area contributed by atoms with Crippen LogP contribution >= 0.6 is 0 Å². The Morgan fingerprint density at radius 2 is 1.78 bits per heavy atom. The lowest BCUT2D eigenvalue weighted by Gasteiger charge is -2.51. The number of fused-ring (bicyclic) bond motifs is 1. The fourth-order valence-corrected chi connectivity index (χ4v) is 6.43. The molecule has 2 aliphatic carbocycles. The van der Waals surface area contributed by atoms with E-state index in [2.05, 4.69) is 12.1 Å². The first-order valence-corrected chi connectivity index (χ1v) is 13.5. The van der Waals surface area contributed by atoms with Gasteiger partial charge in [0, 0.05) is 13.1 Å². The lowest BCUT2D eigenvalue weighted by atomic mass is 9.71. The highest BCUT2D eigenvalue weighted by Gasteiger charge is 2.54. The second kappa shape index (κ2) is 9.95. The molecular formula is C28H36F3N3O3. The minimum Gasteiger partial charge on any atom is -0.446 e. The normalized spacial score (nSPS) is 31.8. The summed E-state index contributed by atoms with van der Waals surface area (Å²) in [4.78, 5) is 35.4. The summed E-state index contributed by atoms with van der Waals surface area (Å²) in [6, 6.07) is 9.74. The molecular weight excluding hydrogens is 483 g/mol. The molecule has 2 aliphatic heterocycles. The van der Waals surface area contributed by atoms with Crippen molar-refractivity contribution in [1.82, 2.24) is 9.80 Å². The zero-order valence-electron chi connectivity index (χ0n) is 21.5. The van der Waals surface area contributed by atoms with Crippen LogP contribution in [-0.4, -0.2) is 59.0 Å². The highest BCUT2D eigenvalue weighted by atomic mass is 19.4. The molecule has 202 valence electrons. The second-order valence-electron chi connectivity index (χ2n) is 11.4. The monoisotopic (exact) mass is 519 g/mol. The van der Waals surface area contributed by atoms with E-state index < -0.39 is 29.7 Å². The van der Waals surface area contributed by atoms with E-state index in [1.165, 1.54) is 6.42 Å². The van der Waals surface area contributed by atoms with Gasteiger partial charge in [-0.2, -0.15) is 13.2 Å². The van der Waals surface area contributed by atoms with Gasteiger partial charge in [-0.25, -0.2) is 4.79 Å². The number of hydrogen-bond acceptors (Lipinski definition) is 4. The van der Waals surface area contributed by atoms with Crippen LogP contribution in [0.2, 0.25) is 0 Å². The second-order valence-corrected chi connectivity index (χ2v) is 11.4. The van der Waals surface area contributed by atoms with Crippen molar-refractivity contribution in [3.63, 3.8) is 0 Å². The SMILES string of the molecule is CC1=NC2CN(C(=O)OC3CCC(C(F)(F)F)CC3)CCC2(C)C(=O)N1C(c1ccccc1)C1CCC1. The zero-order valence-corrected chi connectivity index (χ0v) is 21.5. The third-order valence-corrected chi connectivity index (χ3v) is 9.11. The Bertz CT molecular complexity index is 1030. The zero-order chi connectivity index (χ0) is 26.4. The Kier molecular flexibility index (Phi) is 7.00. The number of carbonyl (C=O) groups is 2. The number of likely N-dealkylation sites (tertiary alicyclic amines) is 1. The molecule has 1 saturated heterocycles. The molecule has 2 heterocycles. The smallest absolute Gasteiger partial charge is 0.410 e. The lowest BCUT2D eigenvalue weighted by molar-refractivity contribution is -0.186.